The first-order valence-corrected chi connectivity index (χ1v) is 10.9. The van der Waals surface area contributed by atoms with Crippen molar-refractivity contribution in [1.29, 1.82) is 0 Å². The highest BCUT2D eigenvalue weighted by Crippen LogP contribution is 2.24. The van der Waals surface area contributed by atoms with Gasteiger partial charge in [-0.15, -0.1) is 0 Å². The van der Waals surface area contributed by atoms with Gasteiger partial charge in [-0.05, 0) is 41.3 Å². The van der Waals surface area contributed by atoms with Crippen LogP contribution in [-0.4, -0.2) is 64.4 Å². The van der Waals surface area contributed by atoms with Crippen LogP contribution < -0.4 is 15.4 Å². The first kappa shape index (κ1) is 23.9. The Morgan fingerprint density at radius 2 is 1.69 bits per heavy atom. The summed E-state index contributed by atoms with van der Waals surface area (Å²) in [6.45, 7) is 6.30. The van der Waals surface area contributed by atoms with Crippen molar-refractivity contribution in [2.75, 3.05) is 53.6 Å². The van der Waals surface area contributed by atoms with E-state index in [0.717, 1.165) is 30.5 Å². The van der Waals surface area contributed by atoms with E-state index in [0.29, 0.717) is 32.3 Å². The summed E-state index contributed by atoms with van der Waals surface area (Å²) >= 11 is 0. The van der Waals surface area contributed by atoms with Crippen LogP contribution in [-0.2, 0) is 4.74 Å². The Morgan fingerprint density at radius 3 is 2.31 bits per heavy atom. The molecule has 2 aromatic carbocycles. The van der Waals surface area contributed by atoms with E-state index in [1.165, 1.54) is 11.6 Å². The molecule has 3 rings (SSSR count). The van der Waals surface area contributed by atoms with Gasteiger partial charge in [-0.25, -0.2) is 8.78 Å². The monoisotopic (exact) mass is 446 g/mol. The van der Waals surface area contributed by atoms with E-state index < -0.39 is 11.6 Å². The Balaban J connectivity index is 1.61. The predicted octanol–water partition coefficient (Wildman–Crippen LogP) is 3.32. The molecule has 0 saturated carbocycles. The number of methoxy groups -OCH3 is 1. The van der Waals surface area contributed by atoms with Crippen molar-refractivity contribution < 1.29 is 18.3 Å². The Hall–Kier alpha value is -2.71. The van der Waals surface area contributed by atoms with Gasteiger partial charge in [0.25, 0.3) is 0 Å². The molecule has 8 heteroatoms. The lowest BCUT2D eigenvalue weighted by atomic mass is 10.0. The highest BCUT2D eigenvalue weighted by atomic mass is 19.2. The molecule has 174 valence electrons. The highest BCUT2D eigenvalue weighted by molar-refractivity contribution is 5.79. The normalized spacial score (nSPS) is 17.0. The highest BCUT2D eigenvalue weighted by Gasteiger charge is 2.23. The molecule has 0 amide bonds. The number of rotatable bonds is 8. The number of morpholine rings is 1. The van der Waals surface area contributed by atoms with Gasteiger partial charge in [-0.1, -0.05) is 25.1 Å². The topological polar surface area (TPSA) is 58.1 Å². The van der Waals surface area contributed by atoms with Crippen LogP contribution in [0.1, 0.15) is 30.0 Å². The molecule has 0 aromatic heterocycles. The van der Waals surface area contributed by atoms with Gasteiger partial charge in [0, 0.05) is 33.2 Å². The van der Waals surface area contributed by atoms with Crippen LogP contribution in [0.25, 0.3) is 0 Å². The summed E-state index contributed by atoms with van der Waals surface area (Å²) in [5.41, 5.74) is 1.92. The van der Waals surface area contributed by atoms with Crippen molar-refractivity contribution in [3.63, 3.8) is 0 Å². The van der Waals surface area contributed by atoms with Gasteiger partial charge in [-0.3, -0.25) is 9.89 Å². The molecule has 2 N–H and O–H groups in total. The molecule has 2 aromatic rings. The van der Waals surface area contributed by atoms with Gasteiger partial charge in [0.05, 0.1) is 26.4 Å². The average Bonchev–Trinajstić information content (AvgIpc) is 2.83. The Kier molecular flexibility index (Phi) is 8.81. The molecule has 0 aliphatic carbocycles. The molecule has 0 radical (unpaired) electrons. The second-order valence-electron chi connectivity index (χ2n) is 7.85. The molecule has 32 heavy (non-hydrogen) atoms. The van der Waals surface area contributed by atoms with Crippen LogP contribution >= 0.6 is 0 Å². The molecule has 1 heterocycles. The van der Waals surface area contributed by atoms with Crippen LogP contribution in [0.5, 0.6) is 5.75 Å². The molecule has 2 atom stereocenters. The zero-order valence-electron chi connectivity index (χ0n) is 18.9. The van der Waals surface area contributed by atoms with E-state index in [1.54, 1.807) is 20.2 Å². The molecule has 6 nitrogen and oxygen atoms in total. The third kappa shape index (κ3) is 6.40. The molecular weight excluding hydrogens is 414 g/mol. The zero-order valence-corrected chi connectivity index (χ0v) is 18.9. The summed E-state index contributed by atoms with van der Waals surface area (Å²) in [5.74, 6) is -0.193. The van der Waals surface area contributed by atoms with Crippen molar-refractivity contribution in [2.45, 2.75) is 18.9 Å². The van der Waals surface area contributed by atoms with Crippen molar-refractivity contribution in [2.24, 2.45) is 4.99 Å². The van der Waals surface area contributed by atoms with Crippen molar-refractivity contribution in [3.05, 3.63) is 65.2 Å². The molecule has 1 aliphatic rings. The van der Waals surface area contributed by atoms with E-state index in [2.05, 4.69) is 32.7 Å². The van der Waals surface area contributed by atoms with E-state index >= 15 is 0 Å². The molecule has 1 aliphatic heterocycles. The Morgan fingerprint density at radius 1 is 1.03 bits per heavy atom. The minimum atomic E-state index is -0.834. The van der Waals surface area contributed by atoms with Crippen LogP contribution in [0.2, 0.25) is 0 Å². The maximum atomic E-state index is 13.5. The molecule has 0 spiro atoms. The van der Waals surface area contributed by atoms with Gasteiger partial charge in [0.2, 0.25) is 0 Å². The minimum absolute atomic E-state index is 0.0136. The van der Waals surface area contributed by atoms with E-state index in [9.17, 15) is 8.78 Å². The fraction of sp³-hybridized carbons (Fsp3) is 0.458. The van der Waals surface area contributed by atoms with Gasteiger partial charge in [0.1, 0.15) is 5.75 Å². The number of hydrogen-bond donors (Lipinski definition) is 2. The predicted molar refractivity (Wildman–Crippen MR) is 122 cm³/mol. The molecule has 1 fully saturated rings. The van der Waals surface area contributed by atoms with Crippen molar-refractivity contribution in [1.82, 2.24) is 15.5 Å². The number of nitrogens with zero attached hydrogens (tertiary/aromatic N) is 2. The maximum absolute atomic E-state index is 13.5. The summed E-state index contributed by atoms with van der Waals surface area (Å²) in [6.07, 6.45) is 0. The number of halogens is 2. The minimum Gasteiger partial charge on any atom is -0.497 e. The van der Waals surface area contributed by atoms with Crippen LogP contribution in [0, 0.1) is 11.6 Å². The quantitative estimate of drug-likeness (QED) is 0.481. The first-order chi connectivity index (χ1) is 15.5. The smallest absolute Gasteiger partial charge is 0.191 e. The number of aliphatic imine (C=N–C) groups is 1. The van der Waals surface area contributed by atoms with Gasteiger partial charge >= 0.3 is 0 Å². The number of ether oxygens (including phenoxy) is 2. The molecule has 1 saturated heterocycles. The fourth-order valence-electron chi connectivity index (χ4n) is 3.77. The van der Waals surface area contributed by atoms with Crippen molar-refractivity contribution in [3.8, 4) is 5.75 Å². The number of hydrogen-bond acceptors (Lipinski definition) is 4. The van der Waals surface area contributed by atoms with Crippen LogP contribution in [0.3, 0.4) is 0 Å². The van der Waals surface area contributed by atoms with Gasteiger partial charge < -0.3 is 20.1 Å². The molecule has 0 bridgehead atoms. The van der Waals surface area contributed by atoms with Crippen LogP contribution in [0.4, 0.5) is 8.78 Å². The zero-order chi connectivity index (χ0) is 22.9. The van der Waals surface area contributed by atoms with E-state index in [4.69, 9.17) is 9.47 Å². The van der Waals surface area contributed by atoms with Crippen LogP contribution in [0.15, 0.2) is 47.5 Å². The largest absolute Gasteiger partial charge is 0.497 e. The van der Waals surface area contributed by atoms with E-state index in [1.807, 2.05) is 19.1 Å². The number of guanidine groups is 1. The average molecular weight is 447 g/mol. The Labute approximate surface area is 188 Å². The second-order valence-corrected chi connectivity index (χ2v) is 7.85. The summed E-state index contributed by atoms with van der Waals surface area (Å²) in [4.78, 5) is 6.72. The van der Waals surface area contributed by atoms with E-state index in [-0.39, 0.29) is 12.0 Å². The number of nitrogens with one attached hydrogen (secondary N) is 2. The lowest BCUT2D eigenvalue weighted by molar-refractivity contribution is 0.0170. The Bertz CT molecular complexity index is 886. The van der Waals surface area contributed by atoms with Crippen molar-refractivity contribution >= 4 is 5.96 Å². The second kappa shape index (κ2) is 11.8. The lowest BCUT2D eigenvalue weighted by Crippen LogP contribution is -2.46. The number of benzene rings is 2. The summed E-state index contributed by atoms with van der Waals surface area (Å²) in [7, 11) is 3.38. The summed E-state index contributed by atoms with van der Waals surface area (Å²) in [5, 5.41) is 6.70. The maximum Gasteiger partial charge on any atom is 0.191 e. The third-order valence-corrected chi connectivity index (χ3v) is 5.76. The summed E-state index contributed by atoms with van der Waals surface area (Å²) in [6, 6.07) is 12.3. The van der Waals surface area contributed by atoms with Gasteiger partial charge in [0.15, 0.2) is 17.6 Å². The lowest BCUT2D eigenvalue weighted by Gasteiger charge is -2.35. The molecular formula is C24H32F2N4O2. The SMILES string of the molecule is CN=C(NCC(C)c1ccc(F)c(F)c1)NCC(c1ccc(OC)cc1)N1CCOCC1. The fourth-order valence-corrected chi connectivity index (χ4v) is 3.77. The summed E-state index contributed by atoms with van der Waals surface area (Å²) < 4.78 is 37.6. The standard InChI is InChI=1S/C24H32F2N4O2/c1-17(19-6-9-21(25)22(26)14-19)15-28-24(27-2)29-16-23(30-10-12-32-13-11-30)18-4-7-20(31-3)8-5-18/h4-9,14,17,23H,10-13,15-16H2,1-3H3,(H2,27,28,29). The third-order valence-electron chi connectivity index (χ3n) is 5.76. The van der Waals surface area contributed by atoms with Gasteiger partial charge in [-0.2, -0.15) is 0 Å². The molecule has 2 unspecified atom stereocenters. The first-order valence-electron chi connectivity index (χ1n) is 10.9.